The van der Waals surface area contributed by atoms with E-state index in [4.69, 9.17) is 19.7 Å². The van der Waals surface area contributed by atoms with Crippen molar-refractivity contribution in [1.82, 2.24) is 24.2 Å². The molecule has 2 aromatic rings. The number of hydrogen-bond donors (Lipinski definition) is 4. The molecule has 0 bridgehead atoms. The number of nitrogens with two attached hydrogens (primary N) is 1. The maximum absolute atomic E-state index is 12.4. The zero-order valence-electron chi connectivity index (χ0n) is 14.7. The fourth-order valence-electron chi connectivity index (χ4n) is 3.21. The number of aliphatic hydroxyl groups is 2. The number of morpholine rings is 1. The normalized spacial score (nSPS) is 31.2. The van der Waals surface area contributed by atoms with E-state index in [1.165, 1.54) is 21.9 Å². The van der Waals surface area contributed by atoms with Crippen molar-refractivity contribution in [3.63, 3.8) is 0 Å². The highest BCUT2D eigenvalue weighted by atomic mass is 31.2. The molecule has 28 heavy (non-hydrogen) atoms. The van der Waals surface area contributed by atoms with Crippen LogP contribution in [-0.2, 0) is 18.6 Å². The Kier molecular flexibility index (Phi) is 5.33. The van der Waals surface area contributed by atoms with Gasteiger partial charge in [0.05, 0.1) is 26.1 Å². The van der Waals surface area contributed by atoms with Crippen LogP contribution in [0.5, 0.6) is 0 Å². The van der Waals surface area contributed by atoms with Gasteiger partial charge < -0.3 is 30.3 Å². The summed E-state index contributed by atoms with van der Waals surface area (Å²) in [6.45, 7) is 0.792. The summed E-state index contributed by atoms with van der Waals surface area (Å²) < 4.78 is 31.1. The number of aromatic nitrogens is 4. The second kappa shape index (κ2) is 7.61. The molecule has 0 aromatic carbocycles. The van der Waals surface area contributed by atoms with Gasteiger partial charge in [-0.15, -0.1) is 0 Å². The summed E-state index contributed by atoms with van der Waals surface area (Å²) in [5, 5.41) is 20.7. The number of fused-ring (bicyclic) bond motifs is 1. The molecule has 5 N–H and O–H groups in total. The molecular formula is C14H21N6O7P. The standard InChI is InChI=1S/C14H21N6O7P/c15-12-9-13(17-6-16-12)20(7-18-9)14-11(22)10(21)8(27-14)5-26-28(23,24)19-1-3-25-4-2-19/h6-8,10-11,14,21-22H,1-5H2,(H,23,24)(H2,15,16,17)/t8-,10?,11+,14-/m1/s1. The average Bonchev–Trinajstić information content (AvgIpc) is 3.24. The van der Waals surface area contributed by atoms with Gasteiger partial charge in [-0.05, 0) is 0 Å². The van der Waals surface area contributed by atoms with E-state index in [2.05, 4.69) is 15.0 Å². The maximum atomic E-state index is 12.4. The van der Waals surface area contributed by atoms with Crippen LogP contribution in [0.25, 0.3) is 11.2 Å². The molecule has 2 aliphatic rings. The molecule has 2 saturated heterocycles. The number of anilines is 1. The van der Waals surface area contributed by atoms with E-state index in [1.54, 1.807) is 0 Å². The first kappa shape index (κ1) is 19.6. The average molecular weight is 416 g/mol. The fraction of sp³-hybridized carbons (Fsp3) is 0.643. The number of nitrogen functional groups attached to an aromatic ring is 1. The second-order valence-corrected chi connectivity index (χ2v) is 8.29. The van der Waals surface area contributed by atoms with Crippen molar-refractivity contribution >= 4 is 24.7 Å². The Morgan fingerprint density at radius 3 is 2.75 bits per heavy atom. The lowest BCUT2D eigenvalue weighted by Gasteiger charge is -2.30. The van der Waals surface area contributed by atoms with Gasteiger partial charge in [-0.25, -0.2) is 24.2 Å². The van der Waals surface area contributed by atoms with Crippen LogP contribution in [0.2, 0.25) is 0 Å². The minimum atomic E-state index is -4.07. The smallest absolute Gasteiger partial charge is 0.387 e. The van der Waals surface area contributed by atoms with Crippen LogP contribution in [-0.4, -0.2) is 90.5 Å². The van der Waals surface area contributed by atoms with Gasteiger partial charge >= 0.3 is 7.75 Å². The van der Waals surface area contributed by atoms with Gasteiger partial charge in [-0.3, -0.25) is 9.09 Å². The third kappa shape index (κ3) is 3.51. The van der Waals surface area contributed by atoms with E-state index in [0.29, 0.717) is 24.4 Å². The molecule has 4 heterocycles. The number of ether oxygens (including phenoxy) is 2. The van der Waals surface area contributed by atoms with E-state index in [0.717, 1.165) is 0 Å². The summed E-state index contributed by atoms with van der Waals surface area (Å²) >= 11 is 0. The van der Waals surface area contributed by atoms with Gasteiger partial charge in [-0.1, -0.05) is 0 Å². The lowest BCUT2D eigenvalue weighted by Crippen LogP contribution is -2.36. The summed E-state index contributed by atoms with van der Waals surface area (Å²) in [6, 6.07) is 0. The van der Waals surface area contributed by atoms with Crippen molar-refractivity contribution in [2.45, 2.75) is 24.5 Å². The monoisotopic (exact) mass is 416 g/mol. The van der Waals surface area contributed by atoms with E-state index in [1.807, 2.05) is 0 Å². The van der Waals surface area contributed by atoms with Gasteiger partial charge in [0.15, 0.2) is 17.7 Å². The van der Waals surface area contributed by atoms with Crippen LogP contribution in [0.4, 0.5) is 5.82 Å². The minimum absolute atomic E-state index is 0.170. The maximum Gasteiger partial charge on any atom is 0.405 e. The van der Waals surface area contributed by atoms with Crippen molar-refractivity contribution in [3.05, 3.63) is 12.7 Å². The van der Waals surface area contributed by atoms with E-state index in [-0.39, 0.29) is 25.5 Å². The Morgan fingerprint density at radius 1 is 1.25 bits per heavy atom. The molecule has 2 unspecified atom stereocenters. The molecule has 2 aromatic heterocycles. The summed E-state index contributed by atoms with van der Waals surface area (Å²) in [6.07, 6.45) is -2.11. The summed E-state index contributed by atoms with van der Waals surface area (Å²) in [5.74, 6) is 0.170. The molecule has 154 valence electrons. The minimum Gasteiger partial charge on any atom is -0.387 e. The quantitative estimate of drug-likeness (QED) is 0.414. The first-order valence-corrected chi connectivity index (χ1v) is 10.2. The molecule has 14 heteroatoms. The van der Waals surface area contributed by atoms with E-state index in [9.17, 15) is 19.7 Å². The van der Waals surface area contributed by atoms with Crippen LogP contribution >= 0.6 is 7.75 Å². The number of hydrogen-bond acceptors (Lipinski definition) is 10. The first-order valence-electron chi connectivity index (χ1n) is 8.63. The molecule has 0 saturated carbocycles. The highest BCUT2D eigenvalue weighted by Crippen LogP contribution is 2.47. The lowest BCUT2D eigenvalue weighted by atomic mass is 10.1. The molecular weight excluding hydrogens is 395 g/mol. The summed E-state index contributed by atoms with van der Waals surface area (Å²) in [4.78, 5) is 22.2. The zero-order chi connectivity index (χ0) is 19.9. The zero-order valence-corrected chi connectivity index (χ0v) is 15.6. The first-order chi connectivity index (χ1) is 13.4. The molecule has 2 aliphatic heterocycles. The van der Waals surface area contributed by atoms with Gasteiger partial charge in [0.2, 0.25) is 0 Å². The number of aliphatic hydroxyl groups excluding tert-OH is 2. The van der Waals surface area contributed by atoms with Crippen molar-refractivity contribution in [1.29, 1.82) is 0 Å². The van der Waals surface area contributed by atoms with Crippen molar-refractivity contribution in [2.24, 2.45) is 0 Å². The molecule has 0 spiro atoms. The van der Waals surface area contributed by atoms with Crippen LogP contribution in [0, 0.1) is 0 Å². The largest absolute Gasteiger partial charge is 0.405 e. The van der Waals surface area contributed by atoms with Crippen LogP contribution in [0.15, 0.2) is 12.7 Å². The highest BCUT2D eigenvalue weighted by Gasteiger charge is 2.45. The Balaban J connectivity index is 1.47. The number of rotatable bonds is 5. The number of imidazole rings is 1. The third-order valence-corrected chi connectivity index (χ3v) is 6.35. The van der Waals surface area contributed by atoms with E-state index >= 15 is 0 Å². The van der Waals surface area contributed by atoms with Crippen molar-refractivity contribution in [3.8, 4) is 0 Å². The summed E-state index contributed by atoms with van der Waals surface area (Å²) in [5.41, 5.74) is 6.41. The Labute approximate surface area is 159 Å². The van der Waals surface area contributed by atoms with Crippen LogP contribution < -0.4 is 5.73 Å². The van der Waals surface area contributed by atoms with Crippen LogP contribution in [0.3, 0.4) is 0 Å². The van der Waals surface area contributed by atoms with Crippen molar-refractivity contribution in [2.75, 3.05) is 38.6 Å². The summed E-state index contributed by atoms with van der Waals surface area (Å²) in [7, 11) is -4.07. The van der Waals surface area contributed by atoms with E-state index < -0.39 is 32.3 Å². The molecule has 13 nitrogen and oxygen atoms in total. The topological polar surface area (TPSA) is 178 Å². The lowest BCUT2D eigenvalue weighted by molar-refractivity contribution is -0.0507. The molecule has 0 aliphatic carbocycles. The SMILES string of the molecule is Nc1ncnc2c1ncn2[C@@H]1O[C@H](COP(=O)(O)N2CCOCC2)C(O)[C@@H]1O. The second-order valence-electron chi connectivity index (χ2n) is 6.48. The molecule has 5 atom stereocenters. The van der Waals surface area contributed by atoms with Gasteiger partial charge in [0.25, 0.3) is 0 Å². The Morgan fingerprint density at radius 2 is 2.00 bits per heavy atom. The highest BCUT2D eigenvalue weighted by molar-refractivity contribution is 7.50. The Hall–Kier alpha value is -1.70. The van der Waals surface area contributed by atoms with Gasteiger partial charge in [0.1, 0.15) is 30.2 Å². The van der Waals surface area contributed by atoms with Crippen molar-refractivity contribution < 1.29 is 33.7 Å². The predicted molar refractivity (Wildman–Crippen MR) is 93.8 cm³/mol. The number of nitrogens with zero attached hydrogens (tertiary/aromatic N) is 5. The molecule has 0 radical (unpaired) electrons. The molecule has 4 rings (SSSR count). The van der Waals surface area contributed by atoms with Crippen LogP contribution in [0.1, 0.15) is 6.23 Å². The Bertz CT molecular complexity index is 890. The molecule has 2 fully saturated rings. The van der Waals surface area contributed by atoms with Gasteiger partial charge in [-0.2, -0.15) is 0 Å². The fourth-order valence-corrected chi connectivity index (χ4v) is 4.38. The third-order valence-electron chi connectivity index (χ3n) is 4.75. The predicted octanol–water partition coefficient (Wildman–Crippen LogP) is -1.52. The van der Waals surface area contributed by atoms with Gasteiger partial charge in [0, 0.05) is 13.1 Å². The molecule has 0 amide bonds.